The number of fused-ring (bicyclic) bond motifs is 2. The van der Waals surface area contributed by atoms with E-state index in [0.29, 0.717) is 0 Å². The summed E-state index contributed by atoms with van der Waals surface area (Å²) in [6, 6.07) is 0. The minimum absolute atomic E-state index is 0.980. The lowest BCUT2D eigenvalue weighted by molar-refractivity contribution is 0.198. The van der Waals surface area contributed by atoms with Crippen LogP contribution >= 0.6 is 0 Å². The van der Waals surface area contributed by atoms with Crippen LogP contribution in [0.2, 0.25) is 0 Å². The predicted octanol–water partition coefficient (Wildman–Crippen LogP) is 11.7. The highest BCUT2D eigenvalue weighted by molar-refractivity contribution is 4.77. The summed E-state index contributed by atoms with van der Waals surface area (Å²) in [7, 11) is 0. The van der Waals surface area contributed by atoms with Crippen molar-refractivity contribution in [1.82, 2.24) is 0 Å². The van der Waals surface area contributed by atoms with Crippen LogP contribution in [0.3, 0.4) is 0 Å². The van der Waals surface area contributed by atoms with Crippen LogP contribution < -0.4 is 0 Å². The predicted molar refractivity (Wildman–Crippen MR) is 148 cm³/mol. The maximum atomic E-state index is 2.56. The van der Waals surface area contributed by atoms with Crippen LogP contribution in [-0.2, 0) is 0 Å². The standard InChI is InChI=1S/C33H62/c1-29-16-14-12-10-8-6-4-2-3-5-7-9-11-13-15-17-30-18-20-31(21-19-30)22-23-32-24-26-33(28-29)27-25-32/h29-33H,2-28H2,1H3. The maximum absolute atomic E-state index is 2.56. The molecule has 0 amide bonds. The molecule has 0 aromatic carbocycles. The topological polar surface area (TPSA) is 0 Å². The van der Waals surface area contributed by atoms with Crippen molar-refractivity contribution in [2.75, 3.05) is 0 Å². The molecular formula is C33H62. The first-order valence-corrected chi connectivity index (χ1v) is 16.3. The third-order valence-electron chi connectivity index (χ3n) is 10.2. The summed E-state index contributed by atoms with van der Waals surface area (Å²) < 4.78 is 0. The Morgan fingerprint density at radius 2 is 0.545 bits per heavy atom. The van der Waals surface area contributed by atoms with Crippen LogP contribution in [0.25, 0.3) is 0 Å². The Morgan fingerprint density at radius 3 is 0.939 bits per heavy atom. The molecule has 5 rings (SSSR count). The van der Waals surface area contributed by atoms with Gasteiger partial charge in [0, 0.05) is 0 Å². The Balaban J connectivity index is 1.33. The van der Waals surface area contributed by atoms with Crippen LogP contribution in [-0.4, -0.2) is 0 Å². The van der Waals surface area contributed by atoms with Crippen LogP contribution in [0.5, 0.6) is 0 Å². The first kappa shape index (κ1) is 27.6. The van der Waals surface area contributed by atoms with Crippen molar-refractivity contribution in [3.8, 4) is 0 Å². The summed E-state index contributed by atoms with van der Waals surface area (Å²) >= 11 is 0. The second kappa shape index (κ2) is 17.4. The van der Waals surface area contributed by atoms with Gasteiger partial charge in [-0.1, -0.05) is 174 Å². The minimum Gasteiger partial charge on any atom is -0.0625 e. The summed E-state index contributed by atoms with van der Waals surface area (Å²) in [6.45, 7) is 2.56. The highest BCUT2D eigenvalue weighted by Gasteiger charge is 2.25. The smallest absolute Gasteiger partial charge is 0.0412 e. The van der Waals surface area contributed by atoms with E-state index in [1.807, 2.05) is 0 Å². The lowest BCUT2D eigenvalue weighted by Crippen LogP contribution is -2.19. The monoisotopic (exact) mass is 458 g/mol. The number of hydrogen-bond acceptors (Lipinski definition) is 0. The maximum Gasteiger partial charge on any atom is -0.0412 e. The van der Waals surface area contributed by atoms with Gasteiger partial charge in [0.1, 0.15) is 0 Å². The summed E-state index contributed by atoms with van der Waals surface area (Å²) in [6.07, 6.45) is 41.3. The van der Waals surface area contributed by atoms with Gasteiger partial charge < -0.3 is 0 Å². The van der Waals surface area contributed by atoms with E-state index in [-0.39, 0.29) is 0 Å². The Kier molecular flexibility index (Phi) is 14.6. The average Bonchev–Trinajstić information content (AvgIpc) is 2.83. The summed E-state index contributed by atoms with van der Waals surface area (Å²) in [5.74, 6) is 5.31. The molecule has 1 unspecified atom stereocenters. The van der Waals surface area contributed by atoms with E-state index in [0.717, 1.165) is 29.6 Å². The third-order valence-corrected chi connectivity index (χ3v) is 10.2. The van der Waals surface area contributed by atoms with Gasteiger partial charge in [0.25, 0.3) is 0 Å². The van der Waals surface area contributed by atoms with E-state index in [2.05, 4.69) is 6.92 Å². The molecule has 5 aliphatic rings. The fourth-order valence-electron chi connectivity index (χ4n) is 7.77. The van der Waals surface area contributed by atoms with E-state index < -0.39 is 0 Å². The first-order valence-electron chi connectivity index (χ1n) is 16.3. The molecule has 5 fully saturated rings. The molecule has 33 heavy (non-hydrogen) atoms. The van der Waals surface area contributed by atoms with Crippen LogP contribution in [0.4, 0.5) is 0 Å². The summed E-state index contributed by atoms with van der Waals surface area (Å²) in [5.41, 5.74) is 0. The SMILES string of the molecule is CC1CCCCCCCCCCCCCCCCC2CCC(CC2)CCC2CCC(CC2)C1. The molecule has 194 valence electrons. The molecular weight excluding hydrogens is 396 g/mol. The molecule has 5 saturated carbocycles. The van der Waals surface area contributed by atoms with E-state index >= 15 is 0 Å². The van der Waals surface area contributed by atoms with Crippen molar-refractivity contribution in [2.45, 2.75) is 180 Å². The van der Waals surface area contributed by atoms with Gasteiger partial charge in [0.2, 0.25) is 0 Å². The minimum atomic E-state index is 0.980. The third kappa shape index (κ3) is 12.5. The molecule has 0 saturated heterocycles. The van der Waals surface area contributed by atoms with Gasteiger partial charge in [0.15, 0.2) is 0 Å². The second-order valence-electron chi connectivity index (χ2n) is 13.2. The molecule has 4 bridgehead atoms. The number of rotatable bonds is 0. The van der Waals surface area contributed by atoms with Crippen molar-refractivity contribution >= 4 is 0 Å². The van der Waals surface area contributed by atoms with Crippen molar-refractivity contribution in [3.05, 3.63) is 0 Å². The second-order valence-corrected chi connectivity index (χ2v) is 13.2. The van der Waals surface area contributed by atoms with Gasteiger partial charge in [-0.2, -0.15) is 0 Å². The van der Waals surface area contributed by atoms with Crippen molar-refractivity contribution < 1.29 is 0 Å². The quantitative estimate of drug-likeness (QED) is 0.338. The molecule has 5 aliphatic carbocycles. The van der Waals surface area contributed by atoms with Gasteiger partial charge in [0.05, 0.1) is 0 Å². The van der Waals surface area contributed by atoms with E-state index in [1.54, 1.807) is 70.6 Å². The van der Waals surface area contributed by atoms with Crippen molar-refractivity contribution in [1.29, 1.82) is 0 Å². The number of hydrogen-bond donors (Lipinski definition) is 0. The van der Waals surface area contributed by atoms with Crippen LogP contribution in [0.15, 0.2) is 0 Å². The normalized spacial score (nSPS) is 36.1. The molecule has 0 aromatic heterocycles. The Labute approximate surface area is 209 Å². The van der Waals surface area contributed by atoms with Crippen molar-refractivity contribution in [2.24, 2.45) is 29.6 Å². The Bertz CT molecular complexity index is 437. The average molecular weight is 459 g/mol. The zero-order valence-corrected chi connectivity index (χ0v) is 23.0. The fourth-order valence-corrected chi connectivity index (χ4v) is 7.77. The van der Waals surface area contributed by atoms with Crippen LogP contribution in [0, 0.1) is 29.6 Å². The largest absolute Gasteiger partial charge is 0.0625 e. The molecule has 1 atom stereocenters. The van der Waals surface area contributed by atoms with Gasteiger partial charge in [-0.15, -0.1) is 0 Å². The first-order chi connectivity index (χ1) is 16.3. The molecule has 0 aromatic rings. The highest BCUT2D eigenvalue weighted by Crippen LogP contribution is 2.39. The van der Waals surface area contributed by atoms with Gasteiger partial charge in [-0.3, -0.25) is 0 Å². The molecule has 0 aliphatic heterocycles. The Morgan fingerprint density at radius 1 is 0.273 bits per heavy atom. The molecule has 0 heteroatoms. The zero-order valence-electron chi connectivity index (χ0n) is 23.0. The van der Waals surface area contributed by atoms with Crippen molar-refractivity contribution in [3.63, 3.8) is 0 Å². The Hall–Kier alpha value is 0. The van der Waals surface area contributed by atoms with Gasteiger partial charge >= 0.3 is 0 Å². The van der Waals surface area contributed by atoms with E-state index in [9.17, 15) is 0 Å². The molecule has 0 spiro atoms. The molecule has 0 nitrogen and oxygen atoms in total. The van der Waals surface area contributed by atoms with Gasteiger partial charge in [-0.05, 0) is 36.0 Å². The molecule has 0 radical (unpaired) electrons. The fraction of sp³-hybridized carbons (Fsp3) is 1.00. The lowest BCUT2D eigenvalue weighted by atomic mass is 9.73. The van der Waals surface area contributed by atoms with E-state index in [4.69, 9.17) is 0 Å². The summed E-state index contributed by atoms with van der Waals surface area (Å²) in [4.78, 5) is 0. The van der Waals surface area contributed by atoms with E-state index in [1.165, 1.54) is 103 Å². The van der Waals surface area contributed by atoms with Gasteiger partial charge in [-0.25, -0.2) is 0 Å². The highest BCUT2D eigenvalue weighted by atomic mass is 14.3. The lowest BCUT2D eigenvalue weighted by Gasteiger charge is -2.33. The molecule has 0 heterocycles. The summed E-state index contributed by atoms with van der Waals surface area (Å²) in [5, 5.41) is 0. The zero-order chi connectivity index (χ0) is 23.0. The molecule has 0 N–H and O–H groups in total. The van der Waals surface area contributed by atoms with Crippen LogP contribution in [0.1, 0.15) is 180 Å².